The lowest BCUT2D eigenvalue weighted by Crippen LogP contribution is -2.51. The Kier molecular flexibility index (Phi) is 9.31. The van der Waals surface area contributed by atoms with E-state index in [1.165, 1.54) is 4.90 Å². The number of sulfonamides is 1. The molecule has 0 saturated carbocycles. The van der Waals surface area contributed by atoms with Gasteiger partial charge in [0.1, 0.15) is 12.6 Å². The van der Waals surface area contributed by atoms with Gasteiger partial charge in [-0.1, -0.05) is 48.9 Å². The van der Waals surface area contributed by atoms with Crippen molar-refractivity contribution in [3.63, 3.8) is 0 Å². The van der Waals surface area contributed by atoms with Crippen LogP contribution in [0.4, 0.5) is 5.69 Å². The van der Waals surface area contributed by atoms with E-state index in [0.717, 1.165) is 33.7 Å². The zero-order chi connectivity index (χ0) is 24.8. The summed E-state index contributed by atoms with van der Waals surface area (Å²) in [6.07, 6.45) is 1.84. The van der Waals surface area contributed by atoms with Gasteiger partial charge >= 0.3 is 0 Å². The molecule has 0 radical (unpaired) electrons. The molecule has 180 valence electrons. The molecular weight excluding hydrogens is 462 g/mol. The summed E-state index contributed by atoms with van der Waals surface area (Å²) < 4.78 is 26.5. The number of amides is 2. The number of aryl methyl sites for hydroxylation is 2. The van der Waals surface area contributed by atoms with Gasteiger partial charge in [-0.2, -0.15) is 0 Å². The van der Waals surface area contributed by atoms with E-state index < -0.39 is 28.5 Å². The first-order valence-corrected chi connectivity index (χ1v) is 13.0. The van der Waals surface area contributed by atoms with Crippen LogP contribution < -0.4 is 9.62 Å². The third-order valence-electron chi connectivity index (χ3n) is 5.35. The maximum absolute atomic E-state index is 13.5. The van der Waals surface area contributed by atoms with Crippen LogP contribution in [0.3, 0.4) is 0 Å². The Labute approximate surface area is 201 Å². The van der Waals surface area contributed by atoms with Crippen molar-refractivity contribution in [2.45, 2.75) is 46.7 Å². The Balaban J connectivity index is 2.42. The van der Waals surface area contributed by atoms with Crippen LogP contribution in [0, 0.1) is 13.8 Å². The van der Waals surface area contributed by atoms with E-state index in [9.17, 15) is 18.0 Å². The normalized spacial score (nSPS) is 12.2. The molecule has 0 saturated heterocycles. The van der Waals surface area contributed by atoms with Crippen molar-refractivity contribution in [1.29, 1.82) is 0 Å². The van der Waals surface area contributed by atoms with Gasteiger partial charge in [0.05, 0.1) is 11.9 Å². The molecule has 2 aromatic carbocycles. The molecule has 0 aliphatic carbocycles. The molecule has 33 heavy (non-hydrogen) atoms. The molecule has 0 fully saturated rings. The van der Waals surface area contributed by atoms with Crippen LogP contribution in [0.5, 0.6) is 0 Å². The van der Waals surface area contributed by atoms with E-state index in [0.29, 0.717) is 17.3 Å². The summed E-state index contributed by atoms with van der Waals surface area (Å²) in [4.78, 5) is 27.6. The van der Waals surface area contributed by atoms with Gasteiger partial charge in [0.2, 0.25) is 21.8 Å². The highest BCUT2D eigenvalue weighted by Gasteiger charge is 2.31. The summed E-state index contributed by atoms with van der Waals surface area (Å²) in [5.74, 6) is -0.769. The first-order chi connectivity index (χ1) is 15.5. The quantitative estimate of drug-likeness (QED) is 0.547. The van der Waals surface area contributed by atoms with E-state index in [1.807, 2.05) is 13.0 Å². The van der Waals surface area contributed by atoms with Gasteiger partial charge in [-0.15, -0.1) is 0 Å². The largest absolute Gasteiger partial charge is 0.354 e. The van der Waals surface area contributed by atoms with E-state index in [2.05, 4.69) is 5.32 Å². The van der Waals surface area contributed by atoms with Gasteiger partial charge < -0.3 is 10.2 Å². The molecule has 0 aromatic heterocycles. The Morgan fingerprint density at radius 1 is 1.06 bits per heavy atom. The second-order valence-corrected chi connectivity index (χ2v) is 10.5. The number of para-hydroxylation sites is 1. The molecular formula is C24H32ClN3O4S. The van der Waals surface area contributed by atoms with Crippen molar-refractivity contribution < 1.29 is 18.0 Å². The van der Waals surface area contributed by atoms with Crippen molar-refractivity contribution in [2.24, 2.45) is 0 Å². The zero-order valence-electron chi connectivity index (χ0n) is 19.8. The average molecular weight is 494 g/mol. The van der Waals surface area contributed by atoms with Gasteiger partial charge in [0, 0.05) is 18.1 Å². The van der Waals surface area contributed by atoms with Gasteiger partial charge in [-0.05, 0) is 56.0 Å². The second kappa shape index (κ2) is 11.5. The van der Waals surface area contributed by atoms with Crippen LogP contribution in [0.2, 0.25) is 5.02 Å². The number of carbonyl (C=O) groups excluding carboxylic acids is 2. The Bertz CT molecular complexity index is 1070. The van der Waals surface area contributed by atoms with Crippen LogP contribution in [0.15, 0.2) is 42.5 Å². The third kappa shape index (κ3) is 7.20. The highest BCUT2D eigenvalue weighted by molar-refractivity contribution is 7.92. The smallest absolute Gasteiger partial charge is 0.244 e. The minimum absolute atomic E-state index is 0.140. The number of nitrogens with one attached hydrogen (secondary N) is 1. The van der Waals surface area contributed by atoms with Gasteiger partial charge in [-0.25, -0.2) is 8.42 Å². The maximum atomic E-state index is 13.5. The molecule has 1 N–H and O–H groups in total. The molecule has 0 heterocycles. The molecule has 9 heteroatoms. The topological polar surface area (TPSA) is 86.8 Å². The standard InChI is InChI=1S/C24H32ClN3O4S/c1-6-14-26-24(30)19(4)27(15-20-10-12-21(25)13-11-20)22(29)16-28(33(5,31)32)23-17(2)8-7-9-18(23)3/h7-13,19H,6,14-16H2,1-5H3,(H,26,30). The predicted molar refractivity (Wildman–Crippen MR) is 133 cm³/mol. The summed E-state index contributed by atoms with van der Waals surface area (Å²) in [5, 5.41) is 3.37. The monoisotopic (exact) mass is 493 g/mol. The Morgan fingerprint density at radius 2 is 1.64 bits per heavy atom. The first-order valence-electron chi connectivity index (χ1n) is 10.8. The number of hydrogen-bond acceptors (Lipinski definition) is 4. The minimum Gasteiger partial charge on any atom is -0.354 e. The van der Waals surface area contributed by atoms with Crippen LogP contribution in [0.25, 0.3) is 0 Å². The number of hydrogen-bond donors (Lipinski definition) is 1. The molecule has 7 nitrogen and oxygen atoms in total. The molecule has 0 spiro atoms. The van der Waals surface area contributed by atoms with E-state index >= 15 is 0 Å². The van der Waals surface area contributed by atoms with Gasteiger partial charge in [-0.3, -0.25) is 13.9 Å². The van der Waals surface area contributed by atoms with Crippen LogP contribution in [0.1, 0.15) is 37.0 Å². The molecule has 2 aromatic rings. The summed E-state index contributed by atoms with van der Waals surface area (Å²) >= 11 is 5.98. The third-order valence-corrected chi connectivity index (χ3v) is 6.72. The van der Waals surface area contributed by atoms with Crippen molar-refractivity contribution in [3.8, 4) is 0 Å². The molecule has 0 aliphatic heterocycles. The van der Waals surface area contributed by atoms with E-state index in [1.54, 1.807) is 57.2 Å². The molecule has 0 bridgehead atoms. The first kappa shape index (κ1) is 26.7. The van der Waals surface area contributed by atoms with Gasteiger partial charge in [0.15, 0.2) is 0 Å². The lowest BCUT2D eigenvalue weighted by Gasteiger charge is -2.32. The number of benzene rings is 2. The van der Waals surface area contributed by atoms with Crippen LogP contribution in [-0.4, -0.2) is 50.5 Å². The maximum Gasteiger partial charge on any atom is 0.244 e. The number of anilines is 1. The van der Waals surface area contributed by atoms with Crippen molar-refractivity contribution in [2.75, 3.05) is 23.7 Å². The predicted octanol–water partition coefficient (Wildman–Crippen LogP) is 3.67. The highest BCUT2D eigenvalue weighted by Crippen LogP contribution is 2.27. The van der Waals surface area contributed by atoms with E-state index in [4.69, 9.17) is 11.6 Å². The summed E-state index contributed by atoms with van der Waals surface area (Å²) in [7, 11) is -3.76. The number of nitrogens with zero attached hydrogens (tertiary/aromatic N) is 2. The number of halogens is 1. The lowest BCUT2D eigenvalue weighted by atomic mass is 10.1. The summed E-state index contributed by atoms with van der Waals surface area (Å²) in [6, 6.07) is 11.6. The van der Waals surface area contributed by atoms with Gasteiger partial charge in [0.25, 0.3) is 0 Å². The molecule has 0 aliphatic rings. The summed E-state index contributed by atoms with van der Waals surface area (Å²) in [6.45, 7) is 7.40. The zero-order valence-corrected chi connectivity index (χ0v) is 21.3. The average Bonchev–Trinajstić information content (AvgIpc) is 2.74. The minimum atomic E-state index is -3.76. The Hall–Kier alpha value is -2.58. The Morgan fingerprint density at radius 3 is 2.15 bits per heavy atom. The molecule has 1 unspecified atom stereocenters. The number of rotatable bonds is 10. The van der Waals surface area contributed by atoms with Crippen LogP contribution in [-0.2, 0) is 26.2 Å². The lowest BCUT2D eigenvalue weighted by molar-refractivity contribution is -0.139. The molecule has 1 atom stereocenters. The van der Waals surface area contributed by atoms with Crippen molar-refractivity contribution >= 4 is 39.1 Å². The fraction of sp³-hybridized carbons (Fsp3) is 0.417. The van der Waals surface area contributed by atoms with Crippen LogP contribution >= 0.6 is 11.6 Å². The number of carbonyl (C=O) groups is 2. The SMILES string of the molecule is CCCNC(=O)C(C)N(Cc1ccc(Cl)cc1)C(=O)CN(c1c(C)cccc1C)S(C)(=O)=O. The summed E-state index contributed by atoms with van der Waals surface area (Å²) in [5.41, 5.74) is 2.74. The van der Waals surface area contributed by atoms with E-state index in [-0.39, 0.29) is 12.5 Å². The van der Waals surface area contributed by atoms with Crippen molar-refractivity contribution in [1.82, 2.24) is 10.2 Å². The fourth-order valence-electron chi connectivity index (χ4n) is 3.54. The molecule has 2 rings (SSSR count). The van der Waals surface area contributed by atoms with Crippen molar-refractivity contribution in [3.05, 3.63) is 64.2 Å². The highest BCUT2D eigenvalue weighted by atomic mass is 35.5. The fourth-order valence-corrected chi connectivity index (χ4v) is 4.63. The molecule has 2 amide bonds. The second-order valence-electron chi connectivity index (χ2n) is 8.13.